The van der Waals surface area contributed by atoms with E-state index in [1.807, 2.05) is 4.90 Å². The lowest BCUT2D eigenvalue weighted by Gasteiger charge is -2.28. The third-order valence-electron chi connectivity index (χ3n) is 3.44. The lowest BCUT2D eigenvalue weighted by atomic mass is 10.1. The van der Waals surface area contributed by atoms with Crippen molar-refractivity contribution in [1.29, 1.82) is 0 Å². The van der Waals surface area contributed by atoms with Crippen LogP contribution in [0.25, 0.3) is 0 Å². The summed E-state index contributed by atoms with van der Waals surface area (Å²) in [5, 5.41) is 0.200. The van der Waals surface area contributed by atoms with Crippen molar-refractivity contribution < 1.29 is 4.79 Å². The number of nitrogen functional groups attached to an aromatic ring is 1. The average molecular weight is 280 g/mol. The Bertz CT molecular complexity index is 484. The molecule has 0 aromatic carbocycles. The second kappa shape index (κ2) is 6.06. The molecule has 0 bridgehead atoms. The quantitative estimate of drug-likeness (QED) is 0.681. The fourth-order valence-corrected chi connectivity index (χ4v) is 2.71. The van der Waals surface area contributed by atoms with Crippen LogP contribution in [0.15, 0.2) is 24.9 Å². The van der Waals surface area contributed by atoms with Crippen LogP contribution in [0.3, 0.4) is 0 Å². The Labute approximate surface area is 118 Å². The number of nitrogens with zero attached hydrogens (tertiary/aromatic N) is 2. The van der Waals surface area contributed by atoms with Crippen LogP contribution in [0.4, 0.5) is 5.69 Å². The fraction of sp³-hybridized carbons (Fsp3) is 0.429. The molecule has 0 saturated heterocycles. The third-order valence-corrected chi connectivity index (χ3v) is 3.74. The summed E-state index contributed by atoms with van der Waals surface area (Å²) in [7, 11) is 0. The van der Waals surface area contributed by atoms with E-state index in [2.05, 4.69) is 11.6 Å². The Hall–Kier alpha value is -1.55. The van der Waals surface area contributed by atoms with Crippen LogP contribution >= 0.6 is 11.6 Å². The van der Waals surface area contributed by atoms with Gasteiger partial charge in [0.2, 0.25) is 0 Å². The zero-order valence-electron chi connectivity index (χ0n) is 10.8. The Kier molecular flexibility index (Phi) is 4.43. The van der Waals surface area contributed by atoms with Gasteiger partial charge in [0, 0.05) is 12.6 Å². The predicted molar refractivity (Wildman–Crippen MR) is 77.1 cm³/mol. The first-order valence-electron chi connectivity index (χ1n) is 6.46. The van der Waals surface area contributed by atoms with Crippen LogP contribution in [0.1, 0.15) is 36.0 Å². The number of carbonyl (C=O) groups is 1. The van der Waals surface area contributed by atoms with E-state index in [0.717, 1.165) is 25.7 Å². The van der Waals surface area contributed by atoms with Crippen LogP contribution in [-0.2, 0) is 0 Å². The molecule has 1 aromatic heterocycles. The molecule has 1 amide bonds. The number of amides is 1. The first-order chi connectivity index (χ1) is 9.13. The second-order valence-electron chi connectivity index (χ2n) is 4.79. The largest absolute Gasteiger partial charge is 0.397 e. The Balaban J connectivity index is 2.27. The van der Waals surface area contributed by atoms with Crippen LogP contribution in [-0.4, -0.2) is 28.4 Å². The van der Waals surface area contributed by atoms with E-state index in [9.17, 15) is 4.79 Å². The van der Waals surface area contributed by atoms with Crippen molar-refractivity contribution in [2.75, 3.05) is 12.3 Å². The fourth-order valence-electron chi connectivity index (χ4n) is 2.52. The Morgan fingerprint density at radius 3 is 2.89 bits per heavy atom. The van der Waals surface area contributed by atoms with Crippen LogP contribution in [0.2, 0.25) is 5.15 Å². The minimum Gasteiger partial charge on any atom is -0.397 e. The zero-order valence-corrected chi connectivity index (χ0v) is 11.6. The van der Waals surface area contributed by atoms with Crippen molar-refractivity contribution >= 4 is 23.2 Å². The summed E-state index contributed by atoms with van der Waals surface area (Å²) in [6.45, 7) is 4.24. The SMILES string of the molecule is C=CCN(C(=O)c1cc(N)cnc1Cl)C1CCCC1. The van der Waals surface area contributed by atoms with Crippen LogP contribution < -0.4 is 5.73 Å². The van der Waals surface area contributed by atoms with Gasteiger partial charge in [0.25, 0.3) is 5.91 Å². The second-order valence-corrected chi connectivity index (χ2v) is 5.15. The maximum Gasteiger partial charge on any atom is 0.257 e. The molecular formula is C14H18ClN3O. The highest BCUT2D eigenvalue weighted by molar-refractivity contribution is 6.32. The molecule has 19 heavy (non-hydrogen) atoms. The van der Waals surface area contributed by atoms with Crippen molar-refractivity contribution in [3.63, 3.8) is 0 Å². The molecule has 2 rings (SSSR count). The minimum absolute atomic E-state index is 0.114. The molecule has 0 radical (unpaired) electrons. The lowest BCUT2D eigenvalue weighted by molar-refractivity contribution is 0.0706. The molecule has 1 aromatic rings. The summed E-state index contributed by atoms with van der Waals surface area (Å²) in [5.41, 5.74) is 6.49. The van der Waals surface area contributed by atoms with E-state index in [1.54, 1.807) is 12.1 Å². The number of halogens is 1. The van der Waals surface area contributed by atoms with Gasteiger partial charge in [-0.1, -0.05) is 30.5 Å². The Morgan fingerprint density at radius 2 is 2.26 bits per heavy atom. The van der Waals surface area contributed by atoms with Gasteiger partial charge in [0.05, 0.1) is 17.4 Å². The van der Waals surface area contributed by atoms with Crippen LogP contribution in [0, 0.1) is 0 Å². The molecule has 2 N–H and O–H groups in total. The summed E-state index contributed by atoms with van der Waals surface area (Å²) in [5.74, 6) is -0.114. The van der Waals surface area contributed by atoms with E-state index in [-0.39, 0.29) is 17.1 Å². The summed E-state index contributed by atoms with van der Waals surface area (Å²) >= 11 is 6.00. The molecule has 1 fully saturated rings. The van der Waals surface area contributed by atoms with E-state index < -0.39 is 0 Å². The maximum atomic E-state index is 12.6. The van der Waals surface area contributed by atoms with Gasteiger partial charge in [-0.15, -0.1) is 6.58 Å². The zero-order chi connectivity index (χ0) is 13.8. The highest BCUT2D eigenvalue weighted by Crippen LogP contribution is 2.26. The molecule has 0 aliphatic heterocycles. The molecule has 0 unspecified atom stereocenters. The van der Waals surface area contributed by atoms with Crippen molar-refractivity contribution in [2.45, 2.75) is 31.7 Å². The molecule has 0 atom stereocenters. The number of rotatable bonds is 4. The van der Waals surface area contributed by atoms with Crippen molar-refractivity contribution in [3.05, 3.63) is 35.6 Å². The average Bonchev–Trinajstić information content (AvgIpc) is 2.92. The van der Waals surface area contributed by atoms with Gasteiger partial charge < -0.3 is 10.6 Å². The van der Waals surface area contributed by atoms with Crippen molar-refractivity contribution in [3.8, 4) is 0 Å². The van der Waals surface area contributed by atoms with E-state index in [4.69, 9.17) is 17.3 Å². The highest BCUT2D eigenvalue weighted by Gasteiger charge is 2.28. The summed E-state index contributed by atoms with van der Waals surface area (Å²) in [4.78, 5) is 18.4. The number of hydrogen-bond acceptors (Lipinski definition) is 3. The molecule has 1 saturated carbocycles. The molecule has 1 aliphatic carbocycles. The Morgan fingerprint density at radius 1 is 1.58 bits per heavy atom. The van der Waals surface area contributed by atoms with Crippen LogP contribution in [0.5, 0.6) is 0 Å². The van der Waals surface area contributed by atoms with E-state index >= 15 is 0 Å². The van der Waals surface area contributed by atoms with Gasteiger partial charge in [-0.25, -0.2) is 4.98 Å². The maximum absolute atomic E-state index is 12.6. The molecular weight excluding hydrogens is 262 g/mol. The number of pyridine rings is 1. The number of carbonyl (C=O) groups excluding carboxylic acids is 1. The normalized spacial score (nSPS) is 15.4. The topological polar surface area (TPSA) is 59.2 Å². The summed E-state index contributed by atoms with van der Waals surface area (Å²) < 4.78 is 0. The van der Waals surface area contributed by atoms with Crippen molar-refractivity contribution in [1.82, 2.24) is 9.88 Å². The van der Waals surface area contributed by atoms with E-state index in [0.29, 0.717) is 17.8 Å². The van der Waals surface area contributed by atoms with Gasteiger partial charge in [-0.2, -0.15) is 0 Å². The number of anilines is 1. The van der Waals surface area contributed by atoms with Gasteiger partial charge in [0.15, 0.2) is 0 Å². The predicted octanol–water partition coefficient (Wildman–Crippen LogP) is 2.89. The highest BCUT2D eigenvalue weighted by atomic mass is 35.5. The molecule has 0 spiro atoms. The molecule has 4 nitrogen and oxygen atoms in total. The van der Waals surface area contributed by atoms with Gasteiger partial charge >= 0.3 is 0 Å². The molecule has 1 heterocycles. The molecule has 102 valence electrons. The molecule has 5 heteroatoms. The van der Waals surface area contributed by atoms with Gasteiger partial charge in [-0.05, 0) is 18.9 Å². The van der Waals surface area contributed by atoms with Gasteiger partial charge in [0.1, 0.15) is 5.15 Å². The molecule has 1 aliphatic rings. The lowest BCUT2D eigenvalue weighted by Crippen LogP contribution is -2.39. The third kappa shape index (κ3) is 3.07. The minimum atomic E-state index is -0.114. The number of nitrogens with two attached hydrogens (primary N) is 1. The summed E-state index contributed by atoms with van der Waals surface area (Å²) in [6.07, 6.45) is 7.58. The van der Waals surface area contributed by atoms with Crippen molar-refractivity contribution in [2.24, 2.45) is 0 Å². The summed E-state index contributed by atoms with van der Waals surface area (Å²) in [6, 6.07) is 1.85. The monoisotopic (exact) mass is 279 g/mol. The van der Waals surface area contributed by atoms with E-state index in [1.165, 1.54) is 6.20 Å². The first-order valence-corrected chi connectivity index (χ1v) is 6.84. The smallest absolute Gasteiger partial charge is 0.257 e. The standard InChI is InChI=1S/C14H18ClN3O/c1-2-7-18(11-5-3-4-6-11)14(19)12-8-10(16)9-17-13(12)15/h2,8-9,11H,1,3-7,16H2. The van der Waals surface area contributed by atoms with Gasteiger partial charge in [-0.3, -0.25) is 4.79 Å². The number of hydrogen-bond donors (Lipinski definition) is 1. The first kappa shape index (κ1) is 13.9. The number of aromatic nitrogens is 1.